The lowest BCUT2D eigenvalue weighted by atomic mass is 10.0. The number of rotatable bonds is 3. The first-order valence-electron chi connectivity index (χ1n) is 6.94. The van der Waals surface area contributed by atoms with Crippen molar-refractivity contribution in [3.63, 3.8) is 0 Å². The van der Waals surface area contributed by atoms with Crippen LogP contribution < -0.4 is 15.2 Å². The van der Waals surface area contributed by atoms with E-state index in [1.165, 1.54) is 11.8 Å². The fourth-order valence-corrected chi connectivity index (χ4v) is 2.53. The molecule has 108 valence electrons. The summed E-state index contributed by atoms with van der Waals surface area (Å²) in [5.41, 5.74) is 1.79. The number of amides is 1. The summed E-state index contributed by atoms with van der Waals surface area (Å²) in [6.45, 7) is 0.547. The summed E-state index contributed by atoms with van der Waals surface area (Å²) < 4.78 is 5.33. The van der Waals surface area contributed by atoms with E-state index in [2.05, 4.69) is 4.98 Å². The highest BCUT2D eigenvalue weighted by atomic mass is 16.5. The summed E-state index contributed by atoms with van der Waals surface area (Å²) in [4.78, 5) is 28.1. The second-order valence-electron chi connectivity index (χ2n) is 4.93. The first-order chi connectivity index (χ1) is 10.3. The van der Waals surface area contributed by atoms with Crippen LogP contribution in [0.3, 0.4) is 0 Å². The Hall–Kier alpha value is -2.56. The highest BCUT2D eigenvalue weighted by Crippen LogP contribution is 2.26. The number of fused-ring (bicyclic) bond motifs is 1. The van der Waals surface area contributed by atoms with Crippen LogP contribution in [0.4, 0.5) is 5.69 Å². The van der Waals surface area contributed by atoms with Crippen LogP contribution in [0, 0.1) is 0 Å². The van der Waals surface area contributed by atoms with E-state index in [1.54, 1.807) is 17.0 Å². The second-order valence-corrected chi connectivity index (χ2v) is 4.93. The SMILES string of the molecule is O=C(COc1ccc[nH]c1=O)N1CCCc2ccccc21. The minimum absolute atomic E-state index is 0.134. The number of carbonyl (C=O) groups is 1. The topological polar surface area (TPSA) is 62.4 Å². The van der Waals surface area contributed by atoms with Gasteiger partial charge >= 0.3 is 0 Å². The molecule has 0 bridgehead atoms. The van der Waals surface area contributed by atoms with Crippen LogP contribution in [0.2, 0.25) is 0 Å². The van der Waals surface area contributed by atoms with Crippen LogP contribution >= 0.6 is 0 Å². The number of nitrogens with zero attached hydrogens (tertiary/aromatic N) is 1. The lowest BCUT2D eigenvalue weighted by Crippen LogP contribution is -2.38. The Morgan fingerprint density at radius 3 is 2.95 bits per heavy atom. The van der Waals surface area contributed by atoms with Gasteiger partial charge in [0, 0.05) is 18.4 Å². The highest BCUT2D eigenvalue weighted by molar-refractivity contribution is 5.95. The van der Waals surface area contributed by atoms with E-state index in [-0.39, 0.29) is 23.8 Å². The number of anilines is 1. The van der Waals surface area contributed by atoms with Crippen molar-refractivity contribution in [3.05, 3.63) is 58.5 Å². The minimum atomic E-state index is -0.329. The van der Waals surface area contributed by atoms with Crippen LogP contribution in [-0.4, -0.2) is 24.0 Å². The summed E-state index contributed by atoms with van der Waals surface area (Å²) in [5.74, 6) is 0.0292. The number of nitrogens with one attached hydrogen (secondary N) is 1. The van der Waals surface area contributed by atoms with Crippen molar-refractivity contribution in [3.8, 4) is 5.75 Å². The van der Waals surface area contributed by atoms with Crippen molar-refractivity contribution < 1.29 is 9.53 Å². The van der Waals surface area contributed by atoms with Gasteiger partial charge in [0.2, 0.25) is 0 Å². The third-order valence-corrected chi connectivity index (χ3v) is 3.54. The van der Waals surface area contributed by atoms with E-state index in [0.717, 1.165) is 18.5 Å². The van der Waals surface area contributed by atoms with E-state index in [9.17, 15) is 9.59 Å². The van der Waals surface area contributed by atoms with Gasteiger partial charge < -0.3 is 14.6 Å². The fourth-order valence-electron chi connectivity index (χ4n) is 2.53. The van der Waals surface area contributed by atoms with Gasteiger partial charge in [0.05, 0.1) is 0 Å². The molecule has 0 spiro atoms. The zero-order valence-electron chi connectivity index (χ0n) is 11.5. The summed E-state index contributed by atoms with van der Waals surface area (Å²) in [5, 5.41) is 0. The number of aromatic nitrogens is 1. The predicted octanol–water partition coefficient (Wildman–Crippen LogP) is 1.73. The number of H-pyrrole nitrogens is 1. The number of aromatic amines is 1. The molecule has 0 aliphatic carbocycles. The van der Waals surface area contributed by atoms with Crippen LogP contribution in [0.5, 0.6) is 5.75 Å². The molecule has 1 aliphatic heterocycles. The molecule has 1 N–H and O–H groups in total. The fraction of sp³-hybridized carbons (Fsp3) is 0.250. The van der Waals surface area contributed by atoms with E-state index < -0.39 is 0 Å². The number of ether oxygens (including phenoxy) is 1. The molecule has 0 saturated heterocycles. The largest absolute Gasteiger partial charge is 0.478 e. The predicted molar refractivity (Wildman–Crippen MR) is 79.7 cm³/mol. The summed E-state index contributed by atoms with van der Waals surface area (Å²) in [7, 11) is 0. The molecule has 5 heteroatoms. The molecular weight excluding hydrogens is 268 g/mol. The van der Waals surface area contributed by atoms with E-state index in [1.807, 2.05) is 24.3 Å². The van der Waals surface area contributed by atoms with Gasteiger partial charge in [-0.05, 0) is 36.6 Å². The molecule has 1 amide bonds. The van der Waals surface area contributed by atoms with Gasteiger partial charge in [-0.1, -0.05) is 18.2 Å². The van der Waals surface area contributed by atoms with Crippen molar-refractivity contribution in [1.82, 2.24) is 4.98 Å². The number of carbonyl (C=O) groups excluding carboxylic acids is 1. The summed E-state index contributed by atoms with van der Waals surface area (Å²) in [6, 6.07) is 11.1. The molecule has 1 aliphatic rings. The molecule has 0 unspecified atom stereocenters. The van der Waals surface area contributed by atoms with Gasteiger partial charge in [0.25, 0.3) is 11.5 Å². The van der Waals surface area contributed by atoms with Crippen LogP contribution in [0.15, 0.2) is 47.4 Å². The Balaban J connectivity index is 1.72. The maximum Gasteiger partial charge on any atom is 0.290 e. The molecule has 0 saturated carbocycles. The second kappa shape index (κ2) is 5.83. The lowest BCUT2D eigenvalue weighted by Gasteiger charge is -2.29. The number of para-hydroxylation sites is 1. The van der Waals surface area contributed by atoms with Crippen molar-refractivity contribution in [2.75, 3.05) is 18.1 Å². The van der Waals surface area contributed by atoms with Crippen LogP contribution in [0.1, 0.15) is 12.0 Å². The molecule has 1 aromatic heterocycles. The quantitative estimate of drug-likeness (QED) is 0.933. The van der Waals surface area contributed by atoms with Crippen molar-refractivity contribution in [2.24, 2.45) is 0 Å². The third-order valence-electron chi connectivity index (χ3n) is 3.54. The van der Waals surface area contributed by atoms with Crippen LogP contribution in [0.25, 0.3) is 0 Å². The summed E-state index contributed by atoms with van der Waals surface area (Å²) in [6.07, 6.45) is 3.45. The zero-order chi connectivity index (χ0) is 14.7. The number of benzene rings is 1. The Labute approximate surface area is 122 Å². The van der Waals surface area contributed by atoms with E-state index in [0.29, 0.717) is 6.54 Å². The Kier molecular flexibility index (Phi) is 3.73. The lowest BCUT2D eigenvalue weighted by molar-refractivity contribution is -0.120. The first-order valence-corrected chi connectivity index (χ1v) is 6.94. The van der Waals surface area contributed by atoms with Crippen molar-refractivity contribution in [1.29, 1.82) is 0 Å². The molecule has 0 atom stereocenters. The highest BCUT2D eigenvalue weighted by Gasteiger charge is 2.22. The molecule has 2 aromatic rings. The van der Waals surface area contributed by atoms with Crippen molar-refractivity contribution >= 4 is 11.6 Å². The molecular formula is C16H16N2O3. The van der Waals surface area contributed by atoms with Gasteiger partial charge in [-0.25, -0.2) is 0 Å². The smallest absolute Gasteiger partial charge is 0.290 e. The molecule has 2 heterocycles. The van der Waals surface area contributed by atoms with Gasteiger partial charge in [-0.15, -0.1) is 0 Å². The molecule has 1 aromatic carbocycles. The Morgan fingerprint density at radius 1 is 1.24 bits per heavy atom. The summed E-state index contributed by atoms with van der Waals surface area (Å²) >= 11 is 0. The first kappa shape index (κ1) is 13.4. The number of hydrogen-bond acceptors (Lipinski definition) is 3. The zero-order valence-corrected chi connectivity index (χ0v) is 11.5. The van der Waals surface area contributed by atoms with Gasteiger partial charge in [-0.2, -0.15) is 0 Å². The Morgan fingerprint density at radius 2 is 2.10 bits per heavy atom. The van der Waals surface area contributed by atoms with E-state index >= 15 is 0 Å². The number of pyridine rings is 1. The molecule has 3 rings (SSSR count). The van der Waals surface area contributed by atoms with E-state index in [4.69, 9.17) is 4.74 Å². The van der Waals surface area contributed by atoms with Gasteiger partial charge in [0.1, 0.15) is 0 Å². The molecule has 21 heavy (non-hydrogen) atoms. The maximum absolute atomic E-state index is 12.3. The number of hydrogen-bond donors (Lipinski definition) is 1. The number of aryl methyl sites for hydroxylation is 1. The molecule has 5 nitrogen and oxygen atoms in total. The third kappa shape index (κ3) is 2.81. The average Bonchev–Trinajstić information content (AvgIpc) is 2.53. The minimum Gasteiger partial charge on any atom is -0.478 e. The van der Waals surface area contributed by atoms with Gasteiger partial charge in [0.15, 0.2) is 12.4 Å². The Bertz CT molecular complexity index is 708. The molecule has 0 fully saturated rings. The van der Waals surface area contributed by atoms with Gasteiger partial charge in [-0.3, -0.25) is 9.59 Å². The standard InChI is InChI=1S/C16H16N2O3/c19-15(11-21-14-8-3-9-17-16(14)20)18-10-4-6-12-5-1-2-7-13(12)18/h1-3,5,7-9H,4,6,10-11H2,(H,17,20). The monoisotopic (exact) mass is 284 g/mol. The molecule has 0 radical (unpaired) electrons. The van der Waals surface area contributed by atoms with Crippen LogP contribution in [-0.2, 0) is 11.2 Å². The van der Waals surface area contributed by atoms with Crippen molar-refractivity contribution in [2.45, 2.75) is 12.8 Å². The maximum atomic E-state index is 12.3. The average molecular weight is 284 g/mol. The normalized spacial score (nSPS) is 13.6.